The van der Waals surface area contributed by atoms with Gasteiger partial charge in [-0.1, -0.05) is 109 Å². The largest absolute Gasteiger partial charge is 0.338 e. The van der Waals surface area contributed by atoms with E-state index in [2.05, 4.69) is 133 Å². The van der Waals surface area contributed by atoms with E-state index >= 15 is 0 Å². The van der Waals surface area contributed by atoms with Gasteiger partial charge >= 0.3 is 0 Å². The van der Waals surface area contributed by atoms with E-state index in [1.165, 1.54) is 35.4 Å². The minimum absolute atomic E-state index is 0.361. The molecule has 0 bridgehead atoms. The normalized spacial score (nSPS) is 28.7. The summed E-state index contributed by atoms with van der Waals surface area (Å²) in [4.78, 5) is 4.30. The number of nitrogens with zero attached hydrogens (tertiary/aromatic N) is 1. The van der Waals surface area contributed by atoms with Gasteiger partial charge in [-0.25, -0.2) is 0 Å². The van der Waals surface area contributed by atoms with E-state index in [0.717, 1.165) is 25.7 Å². The van der Waals surface area contributed by atoms with Crippen LogP contribution in [-0.4, -0.2) is 24.3 Å². The summed E-state index contributed by atoms with van der Waals surface area (Å²) in [5.41, 5.74) is 12.2. The molecule has 0 spiro atoms. The van der Waals surface area contributed by atoms with E-state index < -0.39 is 8.07 Å². The van der Waals surface area contributed by atoms with Crippen LogP contribution < -0.4 is 5.19 Å². The second kappa shape index (κ2) is 9.87. The van der Waals surface area contributed by atoms with Gasteiger partial charge in [-0.2, -0.15) is 0 Å². The number of allylic oxidation sites excluding steroid dienone is 12. The molecule has 4 atom stereocenters. The van der Waals surface area contributed by atoms with E-state index in [4.69, 9.17) is 0 Å². The van der Waals surface area contributed by atoms with Gasteiger partial charge in [0.05, 0.1) is 6.04 Å². The summed E-state index contributed by atoms with van der Waals surface area (Å²) < 4.78 is 0. The van der Waals surface area contributed by atoms with Gasteiger partial charge in [-0.15, -0.1) is 11.8 Å². The van der Waals surface area contributed by atoms with Crippen LogP contribution >= 0.6 is 11.8 Å². The SMILES string of the molecule is C[Si]1(C)C2=C(C=CC(N(C3=CCCC=C3)C3=CC=C4c5ccccc5CCC4C3)C2)c2c1ccc1c2SC2C=CC=CC12. The fourth-order valence-electron chi connectivity index (χ4n) is 8.95. The third-order valence-electron chi connectivity index (χ3n) is 11.1. The Morgan fingerprint density at radius 1 is 0.907 bits per heavy atom. The molecule has 0 aromatic heterocycles. The molecule has 1 nitrogen and oxygen atoms in total. The maximum absolute atomic E-state index is 2.74. The second-order valence-electron chi connectivity index (χ2n) is 13.8. The Balaban J connectivity index is 1.10. The Kier molecular flexibility index (Phi) is 6.00. The number of aryl methyl sites for hydroxylation is 1. The van der Waals surface area contributed by atoms with Gasteiger partial charge < -0.3 is 4.90 Å². The highest BCUT2D eigenvalue weighted by Crippen LogP contribution is 2.54. The molecule has 9 rings (SSSR count). The maximum Gasteiger partial charge on any atom is 0.109 e. The summed E-state index contributed by atoms with van der Waals surface area (Å²) in [6, 6.07) is 14.4. The average Bonchev–Trinajstić information content (AvgIpc) is 3.54. The van der Waals surface area contributed by atoms with Crippen molar-refractivity contribution < 1.29 is 0 Å². The zero-order valence-corrected chi connectivity index (χ0v) is 27.0. The zero-order chi connectivity index (χ0) is 28.7. The highest BCUT2D eigenvalue weighted by atomic mass is 32.2. The zero-order valence-electron chi connectivity index (χ0n) is 25.2. The number of benzene rings is 2. The van der Waals surface area contributed by atoms with Crippen LogP contribution in [0, 0.1) is 5.92 Å². The number of thioether (sulfide) groups is 1. The Bertz CT molecular complexity index is 1810. The molecule has 5 aliphatic carbocycles. The third kappa shape index (κ3) is 3.97. The van der Waals surface area contributed by atoms with E-state index in [0.29, 0.717) is 23.1 Å². The average molecular weight is 594 g/mol. The summed E-state index contributed by atoms with van der Waals surface area (Å²) in [6.07, 6.45) is 33.6. The summed E-state index contributed by atoms with van der Waals surface area (Å²) in [7, 11) is -1.79. The van der Waals surface area contributed by atoms with E-state index in [-0.39, 0.29) is 0 Å². The lowest BCUT2D eigenvalue weighted by Gasteiger charge is -2.41. The lowest BCUT2D eigenvalue weighted by molar-refractivity contribution is 0.340. The quantitative estimate of drug-likeness (QED) is 0.326. The van der Waals surface area contributed by atoms with Crippen molar-refractivity contribution in [3.05, 3.63) is 142 Å². The van der Waals surface area contributed by atoms with Crippen LogP contribution in [0.4, 0.5) is 0 Å². The fourth-order valence-corrected chi connectivity index (χ4v) is 13.9. The summed E-state index contributed by atoms with van der Waals surface area (Å²) in [5.74, 6) is 1.13. The van der Waals surface area contributed by atoms with Crippen molar-refractivity contribution in [1.82, 2.24) is 4.90 Å². The van der Waals surface area contributed by atoms with Crippen molar-refractivity contribution in [3.8, 4) is 0 Å². The van der Waals surface area contributed by atoms with Crippen molar-refractivity contribution in [2.24, 2.45) is 5.92 Å². The molecular weight excluding hydrogens is 555 g/mol. The van der Waals surface area contributed by atoms with Crippen molar-refractivity contribution >= 4 is 36.2 Å². The van der Waals surface area contributed by atoms with Crippen molar-refractivity contribution in [2.75, 3.05) is 0 Å². The first-order valence-corrected chi connectivity index (χ1v) is 20.2. The fraction of sp³-hybridized carbons (Fsp3) is 0.300. The number of hydrogen-bond acceptors (Lipinski definition) is 2. The van der Waals surface area contributed by atoms with Gasteiger partial charge in [-0.05, 0) is 95.2 Å². The molecule has 0 saturated carbocycles. The van der Waals surface area contributed by atoms with Crippen LogP contribution in [0.3, 0.4) is 0 Å². The molecule has 7 aliphatic rings. The molecule has 2 aromatic rings. The van der Waals surface area contributed by atoms with Gasteiger partial charge in [-0.3, -0.25) is 0 Å². The van der Waals surface area contributed by atoms with Crippen LogP contribution in [0.25, 0.3) is 11.1 Å². The van der Waals surface area contributed by atoms with Crippen LogP contribution in [0.5, 0.6) is 0 Å². The molecule has 0 amide bonds. The molecule has 4 unspecified atom stereocenters. The predicted molar refractivity (Wildman–Crippen MR) is 186 cm³/mol. The first-order chi connectivity index (χ1) is 21.1. The molecule has 3 heteroatoms. The van der Waals surface area contributed by atoms with Gasteiger partial charge in [0.2, 0.25) is 0 Å². The first-order valence-electron chi connectivity index (χ1n) is 16.3. The highest BCUT2D eigenvalue weighted by molar-refractivity contribution is 8.00. The Morgan fingerprint density at radius 3 is 2.72 bits per heavy atom. The Labute approximate surface area is 261 Å². The predicted octanol–water partition coefficient (Wildman–Crippen LogP) is 9.39. The van der Waals surface area contributed by atoms with Crippen LogP contribution in [0.15, 0.2) is 125 Å². The van der Waals surface area contributed by atoms with Crippen molar-refractivity contribution in [3.63, 3.8) is 0 Å². The molecule has 0 fully saturated rings. The monoisotopic (exact) mass is 593 g/mol. The summed E-state index contributed by atoms with van der Waals surface area (Å²) >= 11 is 2.11. The van der Waals surface area contributed by atoms with E-state index in [1.807, 2.05) is 0 Å². The van der Waals surface area contributed by atoms with Gasteiger partial charge in [0.15, 0.2) is 0 Å². The molecule has 0 N–H and O–H groups in total. The summed E-state index contributed by atoms with van der Waals surface area (Å²) in [6.45, 7) is 5.23. The van der Waals surface area contributed by atoms with E-state index in [9.17, 15) is 0 Å². The minimum Gasteiger partial charge on any atom is -0.338 e. The van der Waals surface area contributed by atoms with Gasteiger partial charge in [0.25, 0.3) is 0 Å². The van der Waals surface area contributed by atoms with Crippen LogP contribution in [0.1, 0.15) is 60.3 Å². The first kappa shape index (κ1) is 26.2. The van der Waals surface area contributed by atoms with Crippen LogP contribution in [-0.2, 0) is 6.42 Å². The molecule has 2 aliphatic heterocycles. The number of rotatable bonds is 3. The smallest absolute Gasteiger partial charge is 0.109 e. The molecule has 2 aromatic carbocycles. The topological polar surface area (TPSA) is 3.24 Å². The number of hydrogen-bond donors (Lipinski definition) is 0. The lowest BCUT2D eigenvalue weighted by Crippen LogP contribution is -2.44. The van der Waals surface area contributed by atoms with Gasteiger partial charge in [0, 0.05) is 27.5 Å². The van der Waals surface area contributed by atoms with Crippen molar-refractivity contribution in [1.29, 1.82) is 0 Å². The second-order valence-corrected chi connectivity index (χ2v) is 19.4. The summed E-state index contributed by atoms with van der Waals surface area (Å²) in [5, 5.41) is 3.97. The van der Waals surface area contributed by atoms with E-state index in [1.54, 1.807) is 37.6 Å². The number of fused-ring (bicyclic) bond motifs is 9. The molecule has 0 radical (unpaired) electrons. The molecule has 214 valence electrons. The molecule has 43 heavy (non-hydrogen) atoms. The minimum atomic E-state index is -1.79. The Morgan fingerprint density at radius 2 is 1.81 bits per heavy atom. The molecule has 0 saturated heterocycles. The maximum atomic E-state index is 2.74. The lowest BCUT2D eigenvalue weighted by atomic mass is 9.75. The standard InChI is InChI=1S/C40H39NSSi/c1-43(2)37-23-22-34-33-14-8-9-15-36(33)42-40(34)39(37)35-21-19-30(25-38(35)43)41(28-11-4-3-5-12-28)29-18-20-32-27(24-29)17-16-26-10-6-7-13-31(26)32/h4,6-15,18-23,27,30,33,36H,3,5,16-17,24-25H2,1-2H3. The third-order valence-corrected chi connectivity index (χ3v) is 16.3. The molecule has 2 heterocycles. The van der Waals surface area contributed by atoms with Crippen molar-refractivity contribution in [2.45, 2.75) is 73.7 Å². The van der Waals surface area contributed by atoms with Crippen LogP contribution in [0.2, 0.25) is 13.1 Å². The highest BCUT2D eigenvalue weighted by Gasteiger charge is 2.46. The van der Waals surface area contributed by atoms with Gasteiger partial charge in [0.1, 0.15) is 8.07 Å². The molecular formula is C40H39NSSi. The Hall–Kier alpha value is -3.27.